The van der Waals surface area contributed by atoms with Gasteiger partial charge in [-0.1, -0.05) is 6.92 Å². The fourth-order valence-electron chi connectivity index (χ4n) is 2.47. The van der Waals surface area contributed by atoms with Crippen LogP contribution in [0.25, 0.3) is 0 Å². The number of carboxylic acids is 1. The first-order valence-electron chi connectivity index (χ1n) is 9.18. The van der Waals surface area contributed by atoms with E-state index in [1.54, 1.807) is 0 Å². The molecule has 1 aromatic rings. The van der Waals surface area contributed by atoms with Crippen molar-refractivity contribution >= 4 is 17.8 Å². The van der Waals surface area contributed by atoms with Crippen LogP contribution in [0.3, 0.4) is 0 Å². The number of unbranched alkanes of at least 4 members (excludes halogenated alkanes) is 1. The van der Waals surface area contributed by atoms with Gasteiger partial charge in [-0.3, -0.25) is 9.59 Å². The van der Waals surface area contributed by atoms with Crippen LogP contribution in [0.2, 0.25) is 0 Å². The SMILES string of the molecule is CCCNCC(=O)N[C@@H](CCCCN)C(=O)N[C@@H](Cc1cnc[nH]1)C(=O)O. The number of nitrogens with one attached hydrogen (secondary N) is 4. The Labute approximate surface area is 158 Å². The number of carbonyl (C=O) groups is 3. The van der Waals surface area contributed by atoms with Crippen molar-refractivity contribution in [2.45, 2.75) is 51.1 Å². The third-order valence-electron chi connectivity index (χ3n) is 3.90. The summed E-state index contributed by atoms with van der Waals surface area (Å²) < 4.78 is 0. The summed E-state index contributed by atoms with van der Waals surface area (Å²) >= 11 is 0. The Balaban J connectivity index is 2.68. The van der Waals surface area contributed by atoms with Gasteiger partial charge in [-0.05, 0) is 38.8 Å². The van der Waals surface area contributed by atoms with Gasteiger partial charge in [0.05, 0.1) is 12.9 Å². The molecular formula is C17H30N6O4. The van der Waals surface area contributed by atoms with E-state index in [1.165, 1.54) is 12.5 Å². The third-order valence-corrected chi connectivity index (χ3v) is 3.90. The molecule has 10 nitrogen and oxygen atoms in total. The smallest absolute Gasteiger partial charge is 0.326 e. The van der Waals surface area contributed by atoms with E-state index in [2.05, 4.69) is 25.9 Å². The summed E-state index contributed by atoms with van der Waals surface area (Å²) in [5.41, 5.74) is 6.08. The van der Waals surface area contributed by atoms with Crippen LogP contribution in [0.5, 0.6) is 0 Å². The summed E-state index contributed by atoms with van der Waals surface area (Å²) in [6, 6.07) is -1.93. The molecule has 0 aliphatic heterocycles. The molecular weight excluding hydrogens is 352 g/mol. The first kappa shape index (κ1) is 22.6. The number of hydrogen-bond acceptors (Lipinski definition) is 6. The van der Waals surface area contributed by atoms with Crippen molar-refractivity contribution in [2.24, 2.45) is 5.73 Å². The molecule has 0 spiro atoms. The number of aromatic amines is 1. The Morgan fingerprint density at radius 1 is 1.26 bits per heavy atom. The lowest BCUT2D eigenvalue weighted by Crippen LogP contribution is -2.53. The van der Waals surface area contributed by atoms with Crippen LogP contribution in [-0.2, 0) is 20.8 Å². The number of aliphatic carboxylic acids is 1. The molecule has 0 unspecified atom stereocenters. The van der Waals surface area contributed by atoms with Gasteiger partial charge in [0.15, 0.2) is 0 Å². The Bertz CT molecular complexity index is 578. The van der Waals surface area contributed by atoms with E-state index in [0.29, 0.717) is 38.0 Å². The van der Waals surface area contributed by atoms with E-state index in [9.17, 15) is 19.5 Å². The summed E-state index contributed by atoms with van der Waals surface area (Å²) in [6.45, 7) is 3.27. The number of carboxylic acid groups (broad SMARTS) is 1. The molecule has 1 aromatic heterocycles. The molecule has 0 aliphatic carbocycles. The van der Waals surface area contributed by atoms with Gasteiger partial charge in [0.25, 0.3) is 0 Å². The maximum Gasteiger partial charge on any atom is 0.326 e. The van der Waals surface area contributed by atoms with Crippen LogP contribution < -0.4 is 21.7 Å². The molecule has 1 heterocycles. The average Bonchev–Trinajstić information content (AvgIpc) is 3.13. The second-order valence-corrected chi connectivity index (χ2v) is 6.26. The average molecular weight is 382 g/mol. The molecule has 0 fully saturated rings. The molecule has 0 saturated heterocycles. The van der Waals surface area contributed by atoms with Gasteiger partial charge in [-0.2, -0.15) is 0 Å². The van der Waals surface area contributed by atoms with Crippen LogP contribution in [0.4, 0.5) is 0 Å². The van der Waals surface area contributed by atoms with Crippen molar-refractivity contribution in [1.82, 2.24) is 25.9 Å². The molecule has 0 aromatic carbocycles. The lowest BCUT2D eigenvalue weighted by molar-refractivity contribution is -0.142. The second-order valence-electron chi connectivity index (χ2n) is 6.26. The van der Waals surface area contributed by atoms with Crippen LogP contribution in [0, 0.1) is 0 Å². The van der Waals surface area contributed by atoms with Crippen molar-refractivity contribution in [3.05, 3.63) is 18.2 Å². The molecule has 0 aliphatic rings. The molecule has 152 valence electrons. The zero-order valence-electron chi connectivity index (χ0n) is 15.7. The van der Waals surface area contributed by atoms with Gasteiger partial charge >= 0.3 is 5.97 Å². The number of hydrogen-bond donors (Lipinski definition) is 6. The maximum atomic E-state index is 12.6. The van der Waals surface area contributed by atoms with Crippen LogP contribution in [0.15, 0.2) is 12.5 Å². The van der Waals surface area contributed by atoms with Gasteiger partial charge in [0.1, 0.15) is 12.1 Å². The number of amides is 2. The van der Waals surface area contributed by atoms with Crippen LogP contribution >= 0.6 is 0 Å². The number of nitrogens with two attached hydrogens (primary N) is 1. The lowest BCUT2D eigenvalue weighted by atomic mass is 10.1. The number of aromatic nitrogens is 2. The molecule has 10 heteroatoms. The van der Waals surface area contributed by atoms with Gasteiger partial charge in [0.2, 0.25) is 11.8 Å². The van der Waals surface area contributed by atoms with E-state index in [1.807, 2.05) is 6.92 Å². The number of H-pyrrole nitrogens is 1. The van der Waals surface area contributed by atoms with Crippen molar-refractivity contribution in [1.29, 1.82) is 0 Å². The summed E-state index contributed by atoms with van der Waals surface area (Å²) in [6.07, 6.45) is 5.65. The highest BCUT2D eigenvalue weighted by Gasteiger charge is 2.26. The number of nitrogens with zero attached hydrogens (tertiary/aromatic N) is 1. The molecule has 2 atom stereocenters. The quantitative estimate of drug-likeness (QED) is 0.228. The Morgan fingerprint density at radius 3 is 2.63 bits per heavy atom. The van der Waals surface area contributed by atoms with Crippen LogP contribution in [0.1, 0.15) is 38.3 Å². The van der Waals surface area contributed by atoms with E-state index >= 15 is 0 Å². The summed E-state index contributed by atoms with van der Waals surface area (Å²) in [5, 5.41) is 17.5. The highest BCUT2D eigenvalue weighted by molar-refractivity contribution is 5.90. The topological polar surface area (TPSA) is 162 Å². The summed E-state index contributed by atoms with van der Waals surface area (Å²) in [4.78, 5) is 42.7. The van der Waals surface area contributed by atoms with E-state index in [0.717, 1.165) is 6.42 Å². The van der Waals surface area contributed by atoms with E-state index < -0.39 is 24.0 Å². The van der Waals surface area contributed by atoms with Crippen molar-refractivity contribution in [2.75, 3.05) is 19.6 Å². The minimum absolute atomic E-state index is 0.0720. The highest BCUT2D eigenvalue weighted by Crippen LogP contribution is 2.04. The zero-order valence-corrected chi connectivity index (χ0v) is 15.7. The number of imidazole rings is 1. The van der Waals surface area contributed by atoms with Crippen LogP contribution in [-0.4, -0.2) is 64.6 Å². The fraction of sp³-hybridized carbons (Fsp3) is 0.647. The zero-order chi connectivity index (χ0) is 20.1. The van der Waals surface area contributed by atoms with Gasteiger partial charge in [-0.15, -0.1) is 0 Å². The summed E-state index contributed by atoms with van der Waals surface area (Å²) in [5.74, 6) is -1.99. The first-order chi connectivity index (χ1) is 13.0. The second kappa shape index (κ2) is 12.8. The molecule has 1 rings (SSSR count). The predicted octanol–water partition coefficient (Wildman–Crippen LogP) is -0.865. The Hall–Kier alpha value is -2.46. The van der Waals surface area contributed by atoms with Gasteiger partial charge in [-0.25, -0.2) is 9.78 Å². The highest BCUT2D eigenvalue weighted by atomic mass is 16.4. The summed E-state index contributed by atoms with van der Waals surface area (Å²) in [7, 11) is 0. The third kappa shape index (κ3) is 9.15. The molecule has 0 saturated carbocycles. The van der Waals surface area contributed by atoms with Gasteiger partial charge in [0, 0.05) is 18.3 Å². The molecule has 2 amide bonds. The predicted molar refractivity (Wildman–Crippen MR) is 99.9 cm³/mol. The molecule has 27 heavy (non-hydrogen) atoms. The first-order valence-corrected chi connectivity index (χ1v) is 9.18. The Kier molecular flexibility index (Phi) is 10.7. The molecule has 7 N–H and O–H groups in total. The molecule has 0 radical (unpaired) electrons. The number of carbonyl (C=O) groups excluding carboxylic acids is 2. The lowest BCUT2D eigenvalue weighted by Gasteiger charge is -2.21. The maximum absolute atomic E-state index is 12.6. The van der Waals surface area contributed by atoms with E-state index in [-0.39, 0.29) is 18.9 Å². The Morgan fingerprint density at radius 2 is 2.04 bits per heavy atom. The monoisotopic (exact) mass is 382 g/mol. The van der Waals surface area contributed by atoms with Crippen molar-refractivity contribution < 1.29 is 19.5 Å². The largest absolute Gasteiger partial charge is 0.480 e. The molecule has 0 bridgehead atoms. The minimum atomic E-state index is -1.16. The standard InChI is InChI=1S/C17H30N6O4/c1-2-7-19-10-15(24)22-13(5-3-4-6-18)16(25)23-14(17(26)27)8-12-9-20-11-21-12/h9,11,13-14,19H,2-8,10,18H2,1H3,(H,20,21)(H,22,24)(H,23,25)(H,26,27)/t13-,14-/m0/s1. The minimum Gasteiger partial charge on any atom is -0.480 e. The van der Waals surface area contributed by atoms with E-state index in [4.69, 9.17) is 5.73 Å². The van der Waals surface area contributed by atoms with Crippen molar-refractivity contribution in [3.8, 4) is 0 Å². The van der Waals surface area contributed by atoms with Gasteiger partial charge < -0.3 is 31.8 Å². The fourth-order valence-corrected chi connectivity index (χ4v) is 2.47. The van der Waals surface area contributed by atoms with Crippen molar-refractivity contribution in [3.63, 3.8) is 0 Å². The normalized spacial score (nSPS) is 13.0. The number of rotatable bonds is 14.